The molecule has 1 saturated heterocycles. The van der Waals surface area contributed by atoms with Crippen molar-refractivity contribution in [3.8, 4) is 0 Å². The van der Waals surface area contributed by atoms with E-state index >= 15 is 0 Å². The largest absolute Gasteiger partial charge is 0.382 e. The molecule has 1 aliphatic rings. The Labute approximate surface area is 199 Å². The van der Waals surface area contributed by atoms with Gasteiger partial charge >= 0.3 is 0 Å². The number of hydrogen-bond donors (Lipinski definition) is 3. The molecule has 1 aliphatic heterocycles. The average Bonchev–Trinajstić information content (AvgIpc) is 3.17. The minimum Gasteiger partial charge on any atom is -0.382 e. The number of nitrogens with two attached hydrogens (primary N) is 1. The van der Waals surface area contributed by atoms with E-state index in [-0.39, 0.29) is 12.5 Å². The highest BCUT2D eigenvalue weighted by atomic mass is 16.2. The SMILES string of the molecule is C=CCNC(=C)C(=C)CNC=O.CC.CC.CC1CCN(C(=O)CN)C1C.CCCCC. The predicted octanol–water partition coefficient (Wildman–Crippen LogP) is 5.03. The monoisotopic (exact) mass is 454 g/mol. The standard InChI is InChI=1S/C9H14N2O.C8H16N2O.C5H12.2C2H6/c1-4-5-11-9(3)8(2)6-10-7-12;1-6-3-4-10(7(6)2)8(11)5-9;1-3-5-4-2;2*1-2/h4,7,11H,1-3,5-6H2,(H,10,12);6-7H,3-5,9H2,1-2H3;3-5H2,1-2H3;2*1-2H3. The maximum absolute atomic E-state index is 11.2. The van der Waals surface area contributed by atoms with Crippen molar-refractivity contribution in [2.45, 2.75) is 87.1 Å². The van der Waals surface area contributed by atoms with Gasteiger partial charge in [0.2, 0.25) is 12.3 Å². The number of nitrogens with zero attached hydrogens (tertiary/aromatic N) is 1. The lowest BCUT2D eigenvalue weighted by Gasteiger charge is -2.22. The van der Waals surface area contributed by atoms with Gasteiger partial charge in [0, 0.05) is 31.4 Å². The van der Waals surface area contributed by atoms with Gasteiger partial charge in [0.25, 0.3) is 0 Å². The first-order valence-corrected chi connectivity index (χ1v) is 12.2. The molecule has 0 radical (unpaired) electrons. The fraction of sp³-hybridized carbons (Fsp3) is 0.692. The molecule has 2 amide bonds. The normalized spacial score (nSPS) is 15.5. The van der Waals surface area contributed by atoms with E-state index in [4.69, 9.17) is 5.73 Å². The molecule has 2 unspecified atom stereocenters. The summed E-state index contributed by atoms with van der Waals surface area (Å²) in [5.74, 6) is 0.715. The molecule has 0 aromatic heterocycles. The van der Waals surface area contributed by atoms with Crippen LogP contribution >= 0.6 is 0 Å². The van der Waals surface area contributed by atoms with Gasteiger partial charge in [0.1, 0.15) is 0 Å². The minimum atomic E-state index is 0.0850. The average molecular weight is 455 g/mol. The van der Waals surface area contributed by atoms with Crippen molar-refractivity contribution in [1.82, 2.24) is 15.5 Å². The molecule has 6 nitrogen and oxygen atoms in total. The molecule has 1 fully saturated rings. The molecule has 2 atom stereocenters. The number of unbranched alkanes of at least 4 members (excludes halogenated alkanes) is 2. The molecule has 6 heteroatoms. The lowest BCUT2D eigenvalue weighted by molar-refractivity contribution is -0.130. The molecule has 0 spiro atoms. The van der Waals surface area contributed by atoms with E-state index in [2.05, 4.69) is 58.1 Å². The number of nitrogens with one attached hydrogen (secondary N) is 2. The number of amides is 2. The second-order valence-corrected chi connectivity index (χ2v) is 6.90. The van der Waals surface area contributed by atoms with Crippen LogP contribution in [0.5, 0.6) is 0 Å². The Kier molecular flexibility index (Phi) is 33.7. The van der Waals surface area contributed by atoms with E-state index in [9.17, 15) is 9.59 Å². The molecule has 1 rings (SSSR count). The van der Waals surface area contributed by atoms with Gasteiger partial charge in [0.05, 0.1) is 6.54 Å². The summed E-state index contributed by atoms with van der Waals surface area (Å²) in [5, 5.41) is 5.47. The summed E-state index contributed by atoms with van der Waals surface area (Å²) in [6.45, 7) is 29.8. The lowest BCUT2D eigenvalue weighted by Crippen LogP contribution is -2.39. The van der Waals surface area contributed by atoms with Crippen LogP contribution in [-0.4, -0.2) is 49.4 Å². The van der Waals surface area contributed by atoms with Crippen molar-refractivity contribution in [3.05, 3.63) is 37.1 Å². The van der Waals surface area contributed by atoms with E-state index < -0.39 is 0 Å². The van der Waals surface area contributed by atoms with Crippen molar-refractivity contribution >= 4 is 12.3 Å². The maximum atomic E-state index is 11.2. The molecule has 32 heavy (non-hydrogen) atoms. The second kappa shape index (κ2) is 28.9. The molecule has 190 valence electrons. The Bertz CT molecular complexity index is 454. The van der Waals surface area contributed by atoms with Gasteiger partial charge in [-0.15, -0.1) is 6.58 Å². The molecular weight excluding hydrogens is 400 g/mol. The van der Waals surface area contributed by atoms with Crippen LogP contribution in [0.4, 0.5) is 0 Å². The first kappa shape index (κ1) is 37.2. The smallest absolute Gasteiger partial charge is 0.236 e. The van der Waals surface area contributed by atoms with Crippen LogP contribution in [0.25, 0.3) is 0 Å². The third kappa shape index (κ3) is 21.2. The topological polar surface area (TPSA) is 87.5 Å². The molecule has 1 heterocycles. The van der Waals surface area contributed by atoms with E-state index in [1.54, 1.807) is 6.08 Å². The Morgan fingerprint density at radius 3 is 1.97 bits per heavy atom. The third-order valence-electron chi connectivity index (χ3n) is 4.63. The number of hydrogen-bond acceptors (Lipinski definition) is 4. The van der Waals surface area contributed by atoms with Crippen molar-refractivity contribution < 1.29 is 9.59 Å². The molecule has 0 aliphatic carbocycles. The summed E-state index contributed by atoms with van der Waals surface area (Å²) in [6.07, 6.45) is 7.55. The molecule has 0 saturated carbocycles. The van der Waals surface area contributed by atoms with E-state index in [1.807, 2.05) is 32.6 Å². The Hall–Kier alpha value is -2.08. The highest BCUT2D eigenvalue weighted by Gasteiger charge is 2.29. The zero-order valence-corrected chi connectivity index (χ0v) is 22.4. The summed E-state index contributed by atoms with van der Waals surface area (Å²) < 4.78 is 0. The van der Waals surface area contributed by atoms with Crippen LogP contribution in [0.1, 0.15) is 81.1 Å². The van der Waals surface area contributed by atoms with Crippen molar-refractivity contribution in [2.24, 2.45) is 11.7 Å². The minimum absolute atomic E-state index is 0.0850. The second-order valence-electron chi connectivity index (χ2n) is 6.90. The predicted molar refractivity (Wildman–Crippen MR) is 142 cm³/mol. The van der Waals surface area contributed by atoms with E-state index in [1.165, 1.54) is 19.3 Å². The number of carbonyl (C=O) groups excluding carboxylic acids is 2. The highest BCUT2D eigenvalue weighted by molar-refractivity contribution is 5.78. The van der Waals surface area contributed by atoms with Crippen LogP contribution in [0, 0.1) is 5.92 Å². The number of carbonyl (C=O) groups is 2. The fourth-order valence-corrected chi connectivity index (χ4v) is 2.51. The van der Waals surface area contributed by atoms with E-state index in [0.29, 0.717) is 31.5 Å². The van der Waals surface area contributed by atoms with Gasteiger partial charge in [-0.1, -0.05) is 87.0 Å². The van der Waals surface area contributed by atoms with Crippen molar-refractivity contribution in [2.75, 3.05) is 26.2 Å². The maximum Gasteiger partial charge on any atom is 0.236 e. The number of likely N-dealkylation sites (tertiary alicyclic amines) is 1. The van der Waals surface area contributed by atoms with E-state index in [0.717, 1.165) is 24.2 Å². The summed E-state index contributed by atoms with van der Waals surface area (Å²) in [6, 6.07) is 0.381. The van der Waals surface area contributed by atoms with Gasteiger partial charge in [-0.2, -0.15) is 0 Å². The van der Waals surface area contributed by atoms with Crippen molar-refractivity contribution in [3.63, 3.8) is 0 Å². The Balaban J connectivity index is -0.000000180. The Morgan fingerprint density at radius 1 is 1.12 bits per heavy atom. The third-order valence-corrected chi connectivity index (χ3v) is 4.63. The molecular formula is C26H54N4O2. The summed E-state index contributed by atoms with van der Waals surface area (Å²) in [7, 11) is 0. The van der Waals surface area contributed by atoms with Gasteiger partial charge in [-0.25, -0.2) is 0 Å². The van der Waals surface area contributed by atoms with Gasteiger partial charge in [-0.3, -0.25) is 9.59 Å². The molecule has 0 aromatic rings. The zero-order chi connectivity index (χ0) is 25.9. The van der Waals surface area contributed by atoms with Crippen LogP contribution in [0.2, 0.25) is 0 Å². The van der Waals surface area contributed by atoms with Crippen LogP contribution in [-0.2, 0) is 9.59 Å². The summed E-state index contributed by atoms with van der Waals surface area (Å²) in [5.41, 5.74) is 6.76. The van der Waals surface area contributed by atoms with Crippen molar-refractivity contribution in [1.29, 1.82) is 0 Å². The van der Waals surface area contributed by atoms with Crippen LogP contribution in [0.15, 0.2) is 37.1 Å². The highest BCUT2D eigenvalue weighted by Crippen LogP contribution is 2.22. The van der Waals surface area contributed by atoms with Gasteiger partial charge < -0.3 is 21.3 Å². The van der Waals surface area contributed by atoms with Gasteiger partial charge in [-0.05, 0) is 24.8 Å². The van der Waals surface area contributed by atoms with Crippen LogP contribution in [0.3, 0.4) is 0 Å². The zero-order valence-electron chi connectivity index (χ0n) is 22.4. The first-order chi connectivity index (χ1) is 15.3. The molecule has 0 aromatic carbocycles. The fourth-order valence-electron chi connectivity index (χ4n) is 2.51. The quantitative estimate of drug-likeness (QED) is 0.245. The molecule has 0 bridgehead atoms. The summed E-state index contributed by atoms with van der Waals surface area (Å²) >= 11 is 0. The van der Waals surface area contributed by atoms with Gasteiger partial charge in [0.15, 0.2) is 0 Å². The van der Waals surface area contributed by atoms with Crippen LogP contribution < -0.4 is 16.4 Å². The lowest BCUT2D eigenvalue weighted by atomic mass is 10.1. The molecule has 4 N–H and O–H groups in total. The Morgan fingerprint density at radius 2 is 1.66 bits per heavy atom. The first-order valence-electron chi connectivity index (χ1n) is 12.2. The summed E-state index contributed by atoms with van der Waals surface area (Å²) in [4.78, 5) is 23.0. The number of rotatable bonds is 10.